The van der Waals surface area contributed by atoms with Crippen molar-refractivity contribution in [3.8, 4) is 0 Å². The molecule has 0 saturated heterocycles. The molecule has 0 rings (SSSR count). The van der Waals surface area contributed by atoms with Gasteiger partial charge in [-0.25, -0.2) is 5.90 Å². The van der Waals surface area contributed by atoms with Crippen LogP contribution in [0.15, 0.2) is 0 Å². The predicted molar refractivity (Wildman–Crippen MR) is 20.4 cm³/mol. The molecule has 0 spiro atoms. The van der Waals surface area contributed by atoms with E-state index in [4.69, 9.17) is 0 Å². The minimum Gasteiger partial charge on any atom is -0.305 e. The zero-order chi connectivity index (χ0) is 4.12. The van der Waals surface area contributed by atoms with Gasteiger partial charge in [-0.05, 0) is 6.42 Å². The van der Waals surface area contributed by atoms with Gasteiger partial charge in [-0.2, -0.15) is 0 Å². The summed E-state index contributed by atoms with van der Waals surface area (Å²) in [5.74, 6) is 4.64. The molecule has 0 aromatic heterocycles. The fraction of sp³-hybridized carbons (Fsp3) is 1.00. The minimum atomic E-state index is 0. The SMILES string of the molecule is CCCON.[Pt]. The van der Waals surface area contributed by atoms with E-state index in [-0.39, 0.29) is 21.1 Å². The van der Waals surface area contributed by atoms with Crippen molar-refractivity contribution in [3.05, 3.63) is 0 Å². The van der Waals surface area contributed by atoms with E-state index in [1.165, 1.54) is 0 Å². The van der Waals surface area contributed by atoms with Gasteiger partial charge in [0.2, 0.25) is 0 Å². The zero-order valence-electron chi connectivity index (χ0n) is 3.72. The molecule has 0 radical (unpaired) electrons. The molecule has 0 amide bonds. The molecule has 2 N–H and O–H groups in total. The summed E-state index contributed by atoms with van der Waals surface area (Å²) in [6.07, 6.45) is 0.997. The van der Waals surface area contributed by atoms with Gasteiger partial charge >= 0.3 is 0 Å². The standard InChI is InChI=1S/C3H9NO.Pt/c1-2-3-5-4;/h2-4H2,1H3;. The predicted octanol–water partition coefficient (Wildman–Crippen LogP) is 0.284. The van der Waals surface area contributed by atoms with Crippen molar-refractivity contribution in [1.82, 2.24) is 0 Å². The Morgan fingerprint density at radius 2 is 2.17 bits per heavy atom. The van der Waals surface area contributed by atoms with E-state index in [0.29, 0.717) is 6.61 Å². The topological polar surface area (TPSA) is 35.2 Å². The smallest absolute Gasteiger partial charge is 0.0676 e. The van der Waals surface area contributed by atoms with Crippen molar-refractivity contribution in [1.29, 1.82) is 0 Å². The number of hydrogen-bond donors (Lipinski definition) is 1. The van der Waals surface area contributed by atoms with E-state index < -0.39 is 0 Å². The molecule has 0 unspecified atom stereocenters. The number of rotatable bonds is 2. The Morgan fingerprint density at radius 3 is 2.17 bits per heavy atom. The second-order valence-corrected chi connectivity index (χ2v) is 0.871. The van der Waals surface area contributed by atoms with Crippen LogP contribution in [0.25, 0.3) is 0 Å². The largest absolute Gasteiger partial charge is 0.305 e. The van der Waals surface area contributed by atoms with Gasteiger partial charge in [0.25, 0.3) is 0 Å². The quantitative estimate of drug-likeness (QED) is 0.732. The molecule has 0 saturated carbocycles. The maximum atomic E-state index is 4.64. The Balaban J connectivity index is 0. The van der Waals surface area contributed by atoms with E-state index in [0.717, 1.165) is 6.42 Å². The van der Waals surface area contributed by atoms with Crippen LogP contribution in [0.1, 0.15) is 13.3 Å². The second kappa shape index (κ2) is 9.15. The third kappa shape index (κ3) is 8.82. The molecule has 0 heterocycles. The van der Waals surface area contributed by atoms with Crippen molar-refractivity contribution >= 4 is 0 Å². The molecule has 6 heavy (non-hydrogen) atoms. The van der Waals surface area contributed by atoms with Crippen molar-refractivity contribution in [2.24, 2.45) is 5.90 Å². The van der Waals surface area contributed by atoms with Crippen molar-refractivity contribution in [2.75, 3.05) is 6.61 Å². The number of hydrogen-bond acceptors (Lipinski definition) is 2. The van der Waals surface area contributed by atoms with Gasteiger partial charge in [0.1, 0.15) is 0 Å². The summed E-state index contributed by atoms with van der Waals surface area (Å²) in [6, 6.07) is 0. The fourth-order valence-electron chi connectivity index (χ4n) is 0.118. The zero-order valence-corrected chi connectivity index (χ0v) is 5.99. The Kier molecular flexibility index (Phi) is 14.9. The van der Waals surface area contributed by atoms with Crippen LogP contribution in [0.4, 0.5) is 0 Å². The summed E-state index contributed by atoms with van der Waals surface area (Å²) in [6.45, 7) is 2.67. The van der Waals surface area contributed by atoms with Crippen LogP contribution < -0.4 is 5.90 Å². The first-order valence-corrected chi connectivity index (χ1v) is 1.73. The Bertz CT molecular complexity index is 18.3. The van der Waals surface area contributed by atoms with Crippen molar-refractivity contribution in [3.63, 3.8) is 0 Å². The summed E-state index contributed by atoms with van der Waals surface area (Å²) < 4.78 is 0. The van der Waals surface area contributed by atoms with E-state index in [1.807, 2.05) is 6.92 Å². The third-order valence-corrected chi connectivity index (χ3v) is 0.322. The van der Waals surface area contributed by atoms with Crippen LogP contribution in [0.2, 0.25) is 0 Å². The average molecular weight is 270 g/mol. The van der Waals surface area contributed by atoms with Gasteiger partial charge in [-0.15, -0.1) is 0 Å². The van der Waals surface area contributed by atoms with Crippen LogP contribution in [0.3, 0.4) is 0 Å². The first-order chi connectivity index (χ1) is 2.41. The maximum Gasteiger partial charge on any atom is 0.0676 e. The average Bonchev–Trinajstić information content (AvgIpc) is 1.41. The molecule has 2 nitrogen and oxygen atoms in total. The molecule has 42 valence electrons. The summed E-state index contributed by atoms with van der Waals surface area (Å²) in [5.41, 5.74) is 0. The Morgan fingerprint density at radius 1 is 1.67 bits per heavy atom. The molecule has 0 aromatic carbocycles. The first kappa shape index (κ1) is 9.79. The fourth-order valence-corrected chi connectivity index (χ4v) is 0.118. The first-order valence-electron chi connectivity index (χ1n) is 1.73. The summed E-state index contributed by atoms with van der Waals surface area (Å²) in [5, 5.41) is 0. The van der Waals surface area contributed by atoms with Crippen molar-refractivity contribution < 1.29 is 25.9 Å². The molecule has 0 aromatic rings. The third-order valence-electron chi connectivity index (χ3n) is 0.322. The molecule has 0 aliphatic heterocycles. The minimum absolute atomic E-state index is 0. The molecule has 0 aliphatic rings. The van der Waals surface area contributed by atoms with Crippen molar-refractivity contribution in [2.45, 2.75) is 13.3 Å². The molecule has 0 atom stereocenters. The van der Waals surface area contributed by atoms with Crippen LogP contribution in [0, 0.1) is 0 Å². The monoisotopic (exact) mass is 270 g/mol. The second-order valence-electron chi connectivity index (χ2n) is 0.871. The summed E-state index contributed by atoms with van der Waals surface area (Å²) >= 11 is 0. The summed E-state index contributed by atoms with van der Waals surface area (Å²) in [7, 11) is 0. The van der Waals surface area contributed by atoms with Gasteiger partial charge in [-0.3, -0.25) is 0 Å². The molecule has 3 heteroatoms. The van der Waals surface area contributed by atoms with Crippen LogP contribution in [-0.2, 0) is 25.9 Å². The maximum absolute atomic E-state index is 4.64. The normalized spacial score (nSPS) is 7.00. The van der Waals surface area contributed by atoms with E-state index in [9.17, 15) is 0 Å². The van der Waals surface area contributed by atoms with Gasteiger partial charge in [0, 0.05) is 21.1 Å². The molecular formula is C3H9NOPt. The van der Waals surface area contributed by atoms with Crippen LogP contribution in [0.5, 0.6) is 0 Å². The Hall–Kier alpha value is 0.608. The molecule has 0 fully saturated rings. The molecule has 0 aliphatic carbocycles. The molecule has 0 bridgehead atoms. The molecular weight excluding hydrogens is 261 g/mol. The van der Waals surface area contributed by atoms with Crippen LogP contribution in [-0.4, -0.2) is 6.61 Å². The van der Waals surface area contributed by atoms with E-state index in [1.54, 1.807) is 0 Å². The summed E-state index contributed by atoms with van der Waals surface area (Å²) in [4.78, 5) is 4.19. The van der Waals surface area contributed by atoms with E-state index in [2.05, 4.69) is 10.7 Å². The van der Waals surface area contributed by atoms with Gasteiger partial charge in [-0.1, -0.05) is 6.92 Å². The van der Waals surface area contributed by atoms with Gasteiger partial charge < -0.3 is 4.84 Å². The number of nitrogens with two attached hydrogens (primary N) is 1. The van der Waals surface area contributed by atoms with Gasteiger partial charge in [0.05, 0.1) is 6.61 Å². The van der Waals surface area contributed by atoms with Crippen LogP contribution >= 0.6 is 0 Å². The Labute approximate surface area is 52.3 Å². The van der Waals surface area contributed by atoms with Gasteiger partial charge in [0.15, 0.2) is 0 Å². The van der Waals surface area contributed by atoms with E-state index >= 15 is 0 Å².